The second-order valence-corrected chi connectivity index (χ2v) is 6.70. The average molecular weight is 308 g/mol. The molecule has 1 amide bonds. The number of morpholine rings is 1. The molecule has 2 fully saturated rings. The Hall–Kier alpha value is -1.07. The molecular weight excluding hydrogens is 280 g/mol. The fourth-order valence-electron chi connectivity index (χ4n) is 4.04. The Balaban J connectivity index is 1.63. The van der Waals surface area contributed by atoms with Gasteiger partial charge in [0.05, 0.1) is 25.4 Å². The van der Waals surface area contributed by atoms with E-state index in [9.17, 15) is 4.79 Å². The predicted octanol–water partition coefficient (Wildman–Crippen LogP) is 1.83. The molecule has 0 aromatic heterocycles. The molecule has 0 aromatic rings. The molecule has 1 saturated heterocycles. The highest BCUT2D eigenvalue weighted by Crippen LogP contribution is 2.35. The summed E-state index contributed by atoms with van der Waals surface area (Å²) in [6.07, 6.45) is 6.66. The molecule has 22 heavy (non-hydrogen) atoms. The van der Waals surface area contributed by atoms with Crippen molar-refractivity contribution in [2.75, 3.05) is 39.5 Å². The Labute approximate surface area is 133 Å². The van der Waals surface area contributed by atoms with Crippen molar-refractivity contribution in [2.24, 2.45) is 0 Å². The van der Waals surface area contributed by atoms with E-state index in [0.717, 1.165) is 63.6 Å². The van der Waals surface area contributed by atoms with Crippen LogP contribution in [0, 0.1) is 0 Å². The zero-order valence-electron chi connectivity index (χ0n) is 13.7. The maximum atomic E-state index is 12.5. The summed E-state index contributed by atoms with van der Waals surface area (Å²) in [6, 6.07) is 0. The van der Waals surface area contributed by atoms with Crippen molar-refractivity contribution in [3.63, 3.8) is 0 Å². The third-order valence-electron chi connectivity index (χ3n) is 5.38. The topological polar surface area (TPSA) is 50.8 Å². The van der Waals surface area contributed by atoms with Crippen LogP contribution < -0.4 is 5.32 Å². The first-order chi connectivity index (χ1) is 10.7. The quantitative estimate of drug-likeness (QED) is 0.861. The number of carbonyl (C=O) groups excluding carboxylic acids is 1. The number of amides is 1. The van der Waals surface area contributed by atoms with E-state index >= 15 is 0 Å². The number of ether oxygens (including phenoxy) is 2. The van der Waals surface area contributed by atoms with Crippen molar-refractivity contribution in [1.29, 1.82) is 0 Å². The summed E-state index contributed by atoms with van der Waals surface area (Å²) >= 11 is 0. The van der Waals surface area contributed by atoms with Gasteiger partial charge in [0.15, 0.2) is 0 Å². The van der Waals surface area contributed by atoms with Gasteiger partial charge in [-0.3, -0.25) is 9.69 Å². The Bertz CT molecular complexity index is 435. The fraction of sp³-hybridized carbons (Fsp3) is 0.824. The first kappa shape index (κ1) is 15.8. The highest BCUT2D eigenvalue weighted by Gasteiger charge is 2.40. The van der Waals surface area contributed by atoms with Gasteiger partial charge in [-0.25, -0.2) is 0 Å². The maximum absolute atomic E-state index is 12.5. The Morgan fingerprint density at radius 2 is 1.91 bits per heavy atom. The number of allylic oxidation sites excluding steroid dienone is 1. The zero-order chi connectivity index (χ0) is 15.4. The molecule has 2 aliphatic heterocycles. The number of nitrogens with zero attached hydrogens (tertiary/aromatic N) is 1. The second kappa shape index (κ2) is 7.01. The van der Waals surface area contributed by atoms with Gasteiger partial charge >= 0.3 is 0 Å². The Kier molecular flexibility index (Phi) is 5.03. The van der Waals surface area contributed by atoms with Gasteiger partial charge in [0.25, 0.3) is 5.91 Å². The van der Waals surface area contributed by atoms with Crippen molar-refractivity contribution in [2.45, 2.75) is 51.0 Å². The van der Waals surface area contributed by atoms with Gasteiger partial charge in [-0.1, -0.05) is 12.8 Å². The highest BCUT2D eigenvalue weighted by atomic mass is 16.5. The third-order valence-corrected chi connectivity index (χ3v) is 5.38. The number of hydrogen-bond donors (Lipinski definition) is 1. The number of nitrogens with one attached hydrogen (secondary N) is 1. The van der Waals surface area contributed by atoms with Crippen molar-refractivity contribution >= 4 is 5.91 Å². The van der Waals surface area contributed by atoms with E-state index in [2.05, 4.69) is 10.2 Å². The van der Waals surface area contributed by atoms with Crippen LogP contribution in [0.4, 0.5) is 0 Å². The van der Waals surface area contributed by atoms with Gasteiger partial charge in [-0.05, 0) is 32.6 Å². The first-order valence-corrected chi connectivity index (χ1v) is 8.65. The van der Waals surface area contributed by atoms with Crippen LogP contribution >= 0.6 is 0 Å². The van der Waals surface area contributed by atoms with Crippen LogP contribution in [-0.4, -0.2) is 55.8 Å². The second-order valence-electron chi connectivity index (χ2n) is 6.70. The molecule has 5 nitrogen and oxygen atoms in total. The summed E-state index contributed by atoms with van der Waals surface area (Å²) in [5, 5.41) is 3.20. The van der Waals surface area contributed by atoms with E-state index in [4.69, 9.17) is 9.47 Å². The summed E-state index contributed by atoms with van der Waals surface area (Å²) in [6.45, 7) is 6.99. The summed E-state index contributed by atoms with van der Waals surface area (Å²) in [7, 11) is 0. The van der Waals surface area contributed by atoms with Crippen molar-refractivity contribution in [3.8, 4) is 0 Å². The minimum absolute atomic E-state index is 0.0664. The van der Waals surface area contributed by atoms with Crippen LogP contribution in [0.2, 0.25) is 0 Å². The number of rotatable bonds is 4. The Morgan fingerprint density at radius 1 is 1.18 bits per heavy atom. The SMILES string of the molecule is CC1=C(C(=O)NCC2(N3CCOCC3)CCCC2)CCCO1. The molecule has 1 aliphatic carbocycles. The summed E-state index contributed by atoms with van der Waals surface area (Å²) in [5.74, 6) is 0.868. The lowest BCUT2D eigenvalue weighted by Gasteiger charge is -2.43. The van der Waals surface area contributed by atoms with Crippen LogP contribution in [0.25, 0.3) is 0 Å². The van der Waals surface area contributed by atoms with E-state index < -0.39 is 0 Å². The maximum Gasteiger partial charge on any atom is 0.250 e. The van der Waals surface area contributed by atoms with Gasteiger partial charge < -0.3 is 14.8 Å². The lowest BCUT2D eigenvalue weighted by molar-refractivity contribution is -0.119. The minimum Gasteiger partial charge on any atom is -0.498 e. The molecule has 3 rings (SSSR count). The predicted molar refractivity (Wildman–Crippen MR) is 84.5 cm³/mol. The van der Waals surface area contributed by atoms with Gasteiger partial charge in [0.1, 0.15) is 5.76 Å². The molecule has 124 valence electrons. The molecule has 0 atom stereocenters. The summed E-state index contributed by atoms with van der Waals surface area (Å²) in [5.41, 5.74) is 0.977. The van der Waals surface area contributed by atoms with Crippen LogP contribution in [0.3, 0.4) is 0 Å². The van der Waals surface area contributed by atoms with Crippen molar-refractivity contribution in [3.05, 3.63) is 11.3 Å². The molecule has 2 heterocycles. The molecule has 0 aromatic carbocycles. The van der Waals surface area contributed by atoms with E-state index in [1.165, 1.54) is 25.7 Å². The first-order valence-electron chi connectivity index (χ1n) is 8.65. The lowest BCUT2D eigenvalue weighted by atomic mass is 9.94. The van der Waals surface area contributed by atoms with Gasteiger partial charge in [-0.2, -0.15) is 0 Å². The molecular formula is C17H28N2O3. The largest absolute Gasteiger partial charge is 0.498 e. The van der Waals surface area contributed by atoms with Crippen LogP contribution in [-0.2, 0) is 14.3 Å². The van der Waals surface area contributed by atoms with Crippen molar-refractivity contribution in [1.82, 2.24) is 10.2 Å². The Morgan fingerprint density at radius 3 is 2.59 bits per heavy atom. The molecule has 0 spiro atoms. The van der Waals surface area contributed by atoms with E-state index in [1.54, 1.807) is 0 Å². The molecule has 1 saturated carbocycles. The summed E-state index contributed by atoms with van der Waals surface area (Å²) < 4.78 is 11.0. The minimum atomic E-state index is 0.0664. The molecule has 3 aliphatic rings. The monoisotopic (exact) mass is 308 g/mol. The van der Waals surface area contributed by atoms with E-state index in [0.29, 0.717) is 0 Å². The van der Waals surface area contributed by atoms with Crippen LogP contribution in [0.15, 0.2) is 11.3 Å². The standard InChI is InChI=1S/C17H28N2O3/c1-14-15(5-4-10-22-14)16(20)18-13-17(6-2-3-7-17)19-8-11-21-12-9-19/h2-13H2,1H3,(H,18,20). The molecule has 0 radical (unpaired) electrons. The lowest BCUT2D eigenvalue weighted by Crippen LogP contribution is -2.57. The molecule has 1 N–H and O–H groups in total. The smallest absolute Gasteiger partial charge is 0.250 e. The van der Waals surface area contributed by atoms with Gasteiger partial charge in [0, 0.05) is 25.2 Å². The van der Waals surface area contributed by atoms with Crippen LogP contribution in [0.5, 0.6) is 0 Å². The van der Waals surface area contributed by atoms with Crippen molar-refractivity contribution < 1.29 is 14.3 Å². The zero-order valence-corrected chi connectivity index (χ0v) is 13.7. The highest BCUT2D eigenvalue weighted by molar-refractivity contribution is 5.94. The molecule has 0 bridgehead atoms. The van der Waals surface area contributed by atoms with Gasteiger partial charge in [-0.15, -0.1) is 0 Å². The normalized spacial score (nSPS) is 25.9. The number of carbonyl (C=O) groups is 1. The average Bonchev–Trinajstić information content (AvgIpc) is 3.04. The molecule has 0 unspecified atom stereocenters. The van der Waals surface area contributed by atoms with Crippen LogP contribution in [0.1, 0.15) is 45.4 Å². The van der Waals surface area contributed by atoms with E-state index in [-0.39, 0.29) is 11.4 Å². The third kappa shape index (κ3) is 3.30. The fourth-order valence-corrected chi connectivity index (χ4v) is 4.04. The number of hydrogen-bond acceptors (Lipinski definition) is 4. The van der Waals surface area contributed by atoms with Gasteiger partial charge in [0.2, 0.25) is 0 Å². The van der Waals surface area contributed by atoms with E-state index in [1.807, 2.05) is 6.92 Å². The molecule has 5 heteroatoms. The summed E-state index contributed by atoms with van der Waals surface area (Å²) in [4.78, 5) is 15.0.